The molecule has 0 aromatic carbocycles. The van der Waals surface area contributed by atoms with Crippen LogP contribution in [0.5, 0.6) is 0 Å². The molecule has 1 atom stereocenters. The van der Waals surface area contributed by atoms with Crippen molar-refractivity contribution in [1.29, 1.82) is 0 Å². The summed E-state index contributed by atoms with van der Waals surface area (Å²) in [4.78, 5) is 21.4. The predicted octanol–water partition coefficient (Wildman–Crippen LogP) is -0.979. The van der Waals surface area contributed by atoms with E-state index in [9.17, 15) is 13.2 Å². The number of aromatic nitrogens is 2. The Morgan fingerprint density at radius 3 is 2.84 bits per heavy atom. The third-order valence-corrected chi connectivity index (χ3v) is 4.83. The van der Waals surface area contributed by atoms with Gasteiger partial charge in [-0.05, 0) is 6.42 Å². The maximum absolute atomic E-state index is 12.2. The molecule has 2 heterocycles. The first-order valence-corrected chi connectivity index (χ1v) is 7.51. The highest BCUT2D eigenvalue weighted by atomic mass is 32.2. The molecule has 1 unspecified atom stereocenters. The van der Waals surface area contributed by atoms with Crippen molar-refractivity contribution >= 4 is 21.6 Å². The number of carbonyl (C=O) groups excluding carboxylic acids is 1. The van der Waals surface area contributed by atoms with E-state index in [2.05, 4.69) is 15.4 Å². The first kappa shape index (κ1) is 13.7. The van der Waals surface area contributed by atoms with Gasteiger partial charge in [0.05, 0.1) is 23.9 Å². The van der Waals surface area contributed by atoms with Crippen LogP contribution >= 0.6 is 0 Å². The number of hydrogen-bond acceptors (Lipinski definition) is 7. The highest BCUT2D eigenvalue weighted by molar-refractivity contribution is 7.91. The Kier molecular flexibility index (Phi) is 3.67. The molecule has 1 aliphatic rings. The molecule has 1 saturated heterocycles. The van der Waals surface area contributed by atoms with Gasteiger partial charge in [0.25, 0.3) is 5.91 Å². The second kappa shape index (κ2) is 5.10. The molecule has 1 aromatic rings. The Balaban J connectivity index is 2.15. The molecule has 1 fully saturated rings. The fraction of sp³-hybridized carbons (Fsp3) is 0.500. The topological polar surface area (TPSA) is 118 Å². The Labute approximate surface area is 110 Å². The van der Waals surface area contributed by atoms with E-state index in [1.54, 1.807) is 7.05 Å². The number of hydrazine groups is 1. The van der Waals surface area contributed by atoms with E-state index in [0.717, 1.165) is 0 Å². The average molecular weight is 285 g/mol. The first-order valence-electron chi connectivity index (χ1n) is 5.69. The molecular formula is C10H15N5O3S. The molecule has 9 heteroatoms. The Hall–Kier alpha value is -1.74. The molecule has 8 nitrogen and oxygen atoms in total. The molecule has 0 saturated carbocycles. The summed E-state index contributed by atoms with van der Waals surface area (Å²) in [7, 11) is -1.46. The molecule has 1 aliphatic heterocycles. The van der Waals surface area contributed by atoms with E-state index in [0.29, 0.717) is 6.42 Å². The van der Waals surface area contributed by atoms with Gasteiger partial charge >= 0.3 is 0 Å². The van der Waals surface area contributed by atoms with E-state index in [1.165, 1.54) is 17.3 Å². The van der Waals surface area contributed by atoms with Crippen LogP contribution in [0.4, 0.5) is 5.82 Å². The van der Waals surface area contributed by atoms with Gasteiger partial charge in [-0.3, -0.25) is 9.78 Å². The lowest BCUT2D eigenvalue weighted by Crippen LogP contribution is -2.38. The standard InChI is InChI=1S/C10H15N5O3S/c1-15(7-2-3-19(17,18)6-7)10(16)8-4-12-5-9(13-8)14-11/h4-5,7H,2-3,6,11H2,1H3,(H,13,14). The Morgan fingerprint density at radius 2 is 2.26 bits per heavy atom. The maximum atomic E-state index is 12.2. The molecule has 2 rings (SSSR count). The molecule has 1 aromatic heterocycles. The molecule has 0 spiro atoms. The van der Waals surface area contributed by atoms with Crippen molar-refractivity contribution in [1.82, 2.24) is 14.9 Å². The van der Waals surface area contributed by atoms with Crippen LogP contribution in [0.2, 0.25) is 0 Å². The zero-order chi connectivity index (χ0) is 14.0. The summed E-state index contributed by atoms with van der Waals surface area (Å²) in [6.45, 7) is 0. The van der Waals surface area contributed by atoms with Crippen LogP contribution in [0, 0.1) is 0 Å². The van der Waals surface area contributed by atoms with Crippen LogP contribution in [0.3, 0.4) is 0 Å². The van der Waals surface area contributed by atoms with Crippen molar-refractivity contribution in [3.05, 3.63) is 18.1 Å². The van der Waals surface area contributed by atoms with Crippen molar-refractivity contribution in [3.63, 3.8) is 0 Å². The van der Waals surface area contributed by atoms with Gasteiger partial charge in [0.1, 0.15) is 5.69 Å². The molecule has 0 aliphatic carbocycles. The third-order valence-electron chi connectivity index (χ3n) is 3.08. The van der Waals surface area contributed by atoms with E-state index in [1.807, 2.05) is 0 Å². The maximum Gasteiger partial charge on any atom is 0.274 e. The summed E-state index contributed by atoms with van der Waals surface area (Å²) in [5, 5.41) is 0. The molecule has 0 radical (unpaired) electrons. The summed E-state index contributed by atoms with van der Waals surface area (Å²) < 4.78 is 22.8. The largest absolute Gasteiger partial charge is 0.336 e. The van der Waals surface area contributed by atoms with Crippen molar-refractivity contribution in [2.45, 2.75) is 12.5 Å². The van der Waals surface area contributed by atoms with Gasteiger partial charge in [-0.25, -0.2) is 19.2 Å². The number of amides is 1. The van der Waals surface area contributed by atoms with E-state index >= 15 is 0 Å². The summed E-state index contributed by atoms with van der Waals surface area (Å²) in [6, 6.07) is -0.311. The third kappa shape index (κ3) is 2.99. The zero-order valence-electron chi connectivity index (χ0n) is 10.4. The quantitative estimate of drug-likeness (QED) is 0.541. The van der Waals surface area contributed by atoms with Crippen molar-refractivity contribution in [2.24, 2.45) is 5.84 Å². The lowest BCUT2D eigenvalue weighted by molar-refractivity contribution is 0.0741. The second-order valence-corrected chi connectivity index (χ2v) is 6.64. The van der Waals surface area contributed by atoms with Gasteiger partial charge in [-0.15, -0.1) is 0 Å². The monoisotopic (exact) mass is 285 g/mol. The fourth-order valence-electron chi connectivity index (χ4n) is 1.97. The fourth-order valence-corrected chi connectivity index (χ4v) is 3.74. The van der Waals surface area contributed by atoms with Gasteiger partial charge in [0, 0.05) is 13.1 Å². The summed E-state index contributed by atoms with van der Waals surface area (Å²) in [6.07, 6.45) is 3.16. The number of anilines is 1. The molecule has 19 heavy (non-hydrogen) atoms. The Morgan fingerprint density at radius 1 is 1.53 bits per heavy atom. The van der Waals surface area contributed by atoms with Crippen molar-refractivity contribution < 1.29 is 13.2 Å². The van der Waals surface area contributed by atoms with Crippen LogP contribution in [0.25, 0.3) is 0 Å². The van der Waals surface area contributed by atoms with Gasteiger partial charge in [0.2, 0.25) is 0 Å². The molecule has 3 N–H and O–H groups in total. The van der Waals surface area contributed by atoms with Crippen LogP contribution in [-0.4, -0.2) is 53.8 Å². The van der Waals surface area contributed by atoms with E-state index < -0.39 is 9.84 Å². The summed E-state index contributed by atoms with van der Waals surface area (Å²) in [5.74, 6) is 5.22. The number of hydrogen-bond donors (Lipinski definition) is 2. The number of nitrogen functional groups attached to an aromatic ring is 1. The lowest BCUT2D eigenvalue weighted by atomic mass is 10.2. The van der Waals surface area contributed by atoms with Gasteiger partial charge in [0.15, 0.2) is 15.7 Å². The van der Waals surface area contributed by atoms with Crippen molar-refractivity contribution in [2.75, 3.05) is 24.0 Å². The van der Waals surface area contributed by atoms with E-state index in [-0.39, 0.29) is 35.0 Å². The predicted molar refractivity (Wildman–Crippen MR) is 69.0 cm³/mol. The first-order chi connectivity index (χ1) is 8.93. The SMILES string of the molecule is CN(C(=O)c1cncc(NN)n1)C1CCS(=O)(=O)C1. The minimum absolute atomic E-state index is 0.00248. The number of rotatable bonds is 3. The number of carbonyl (C=O) groups is 1. The summed E-state index contributed by atoms with van der Waals surface area (Å²) >= 11 is 0. The number of nitrogens with two attached hydrogens (primary N) is 1. The minimum Gasteiger partial charge on any atom is -0.336 e. The second-order valence-electron chi connectivity index (χ2n) is 4.41. The smallest absolute Gasteiger partial charge is 0.274 e. The normalized spacial score (nSPS) is 21.1. The summed E-state index contributed by atoms with van der Waals surface area (Å²) in [5.41, 5.74) is 2.43. The molecule has 1 amide bonds. The molecule has 104 valence electrons. The van der Waals surface area contributed by atoms with Crippen LogP contribution < -0.4 is 11.3 Å². The number of nitrogens with one attached hydrogen (secondary N) is 1. The lowest BCUT2D eigenvalue weighted by Gasteiger charge is -2.22. The number of nitrogens with zero attached hydrogens (tertiary/aromatic N) is 3. The van der Waals surface area contributed by atoms with Gasteiger partial charge < -0.3 is 10.3 Å². The highest BCUT2D eigenvalue weighted by Gasteiger charge is 2.33. The van der Waals surface area contributed by atoms with Gasteiger partial charge in [-0.2, -0.15) is 0 Å². The van der Waals surface area contributed by atoms with E-state index in [4.69, 9.17) is 5.84 Å². The molecular weight excluding hydrogens is 270 g/mol. The number of sulfone groups is 1. The average Bonchev–Trinajstić information content (AvgIpc) is 2.77. The zero-order valence-corrected chi connectivity index (χ0v) is 11.2. The molecule has 0 bridgehead atoms. The van der Waals surface area contributed by atoms with Crippen LogP contribution in [0.15, 0.2) is 12.4 Å². The van der Waals surface area contributed by atoms with Gasteiger partial charge in [-0.1, -0.05) is 0 Å². The van der Waals surface area contributed by atoms with Crippen LogP contribution in [-0.2, 0) is 9.84 Å². The van der Waals surface area contributed by atoms with Crippen LogP contribution in [0.1, 0.15) is 16.9 Å². The van der Waals surface area contributed by atoms with Crippen molar-refractivity contribution in [3.8, 4) is 0 Å². The minimum atomic E-state index is -3.03. The Bertz CT molecular complexity index is 589. The highest BCUT2D eigenvalue weighted by Crippen LogP contribution is 2.18.